The molecule has 0 aliphatic carbocycles. The molecule has 1 atom stereocenters. The van der Waals surface area contributed by atoms with Crippen LogP contribution in [0.3, 0.4) is 0 Å². The van der Waals surface area contributed by atoms with Crippen molar-refractivity contribution in [2.45, 2.75) is 19.9 Å². The van der Waals surface area contributed by atoms with Crippen LogP contribution in [0.15, 0.2) is 60.1 Å². The molecule has 0 saturated carbocycles. The number of thiazole rings is 1. The summed E-state index contributed by atoms with van der Waals surface area (Å²) in [5.41, 5.74) is 2.97. The van der Waals surface area contributed by atoms with Crippen LogP contribution in [0.25, 0.3) is 0 Å². The summed E-state index contributed by atoms with van der Waals surface area (Å²) in [6, 6.07) is 10.5. The molecule has 8 nitrogen and oxygen atoms in total. The van der Waals surface area contributed by atoms with Crippen LogP contribution in [-0.2, 0) is 4.79 Å². The minimum absolute atomic E-state index is 0.0536. The summed E-state index contributed by atoms with van der Waals surface area (Å²) in [4.78, 5) is 42.1. The fourth-order valence-electron chi connectivity index (χ4n) is 4.71. The number of carbonyl (C=O) groups excluding carboxylic acids is 2. The van der Waals surface area contributed by atoms with E-state index < -0.39 is 17.7 Å². The van der Waals surface area contributed by atoms with Gasteiger partial charge in [-0.2, -0.15) is 0 Å². The van der Waals surface area contributed by atoms with Crippen molar-refractivity contribution < 1.29 is 14.7 Å². The van der Waals surface area contributed by atoms with Crippen molar-refractivity contribution in [2.75, 3.05) is 43.0 Å². The second-order valence-corrected chi connectivity index (χ2v) is 10.1. The third-order valence-corrected chi connectivity index (χ3v) is 7.63. The molecule has 1 N–H and O–H groups in total. The highest BCUT2D eigenvalue weighted by atomic mass is 32.1. The predicted octanol–water partition coefficient (Wildman–Crippen LogP) is 3.69. The summed E-state index contributed by atoms with van der Waals surface area (Å²) < 4.78 is 0. The Kier molecular flexibility index (Phi) is 6.12. The lowest BCUT2D eigenvalue weighted by atomic mass is 9.96. The minimum Gasteiger partial charge on any atom is -0.503 e. The molecule has 2 aliphatic heterocycles. The highest BCUT2D eigenvalue weighted by molar-refractivity contribution is 7.14. The summed E-state index contributed by atoms with van der Waals surface area (Å²) in [6.45, 7) is 7.45. The second-order valence-electron chi connectivity index (χ2n) is 8.91. The largest absolute Gasteiger partial charge is 0.503 e. The molecule has 9 heteroatoms. The predicted molar refractivity (Wildman–Crippen MR) is 136 cm³/mol. The van der Waals surface area contributed by atoms with E-state index in [1.54, 1.807) is 25.4 Å². The summed E-state index contributed by atoms with van der Waals surface area (Å²) in [5.74, 6) is -1.52. The van der Waals surface area contributed by atoms with Crippen molar-refractivity contribution in [1.82, 2.24) is 14.9 Å². The molecule has 0 spiro atoms. The normalized spacial score (nSPS) is 19.1. The molecule has 1 amide bonds. The number of nitrogens with zero attached hydrogens (tertiary/aromatic N) is 5. The molecule has 35 heavy (non-hydrogen) atoms. The lowest BCUT2D eigenvalue weighted by molar-refractivity contribution is -0.117. The van der Waals surface area contributed by atoms with Gasteiger partial charge in [-0.1, -0.05) is 6.07 Å². The highest BCUT2D eigenvalue weighted by Gasteiger charge is 2.45. The van der Waals surface area contributed by atoms with Crippen LogP contribution in [0, 0.1) is 13.8 Å². The first kappa shape index (κ1) is 23.2. The fraction of sp³-hybridized carbons (Fsp3) is 0.308. The van der Waals surface area contributed by atoms with E-state index in [1.807, 2.05) is 37.3 Å². The van der Waals surface area contributed by atoms with Gasteiger partial charge in [0.15, 0.2) is 5.76 Å². The highest BCUT2D eigenvalue weighted by Crippen LogP contribution is 2.42. The molecule has 3 aromatic rings. The first-order valence-electron chi connectivity index (χ1n) is 11.5. The van der Waals surface area contributed by atoms with E-state index in [2.05, 4.69) is 26.8 Å². The number of carbonyl (C=O) groups is 2. The van der Waals surface area contributed by atoms with Crippen molar-refractivity contribution in [1.29, 1.82) is 0 Å². The number of likely N-dealkylation sites (N-methyl/N-ethyl adjacent to an activating group) is 1. The van der Waals surface area contributed by atoms with Gasteiger partial charge in [0.2, 0.25) is 5.78 Å². The topological polar surface area (TPSA) is 89.9 Å². The molecule has 5 rings (SSSR count). The number of hydrogen-bond donors (Lipinski definition) is 1. The summed E-state index contributed by atoms with van der Waals surface area (Å²) in [5, 5.41) is 11.7. The van der Waals surface area contributed by atoms with E-state index in [0.717, 1.165) is 36.9 Å². The number of pyridine rings is 1. The molecular weight excluding hydrogens is 462 g/mol. The Morgan fingerprint density at radius 3 is 2.34 bits per heavy atom. The average Bonchev–Trinajstić information content (AvgIpc) is 3.35. The molecule has 1 saturated heterocycles. The fourth-order valence-corrected chi connectivity index (χ4v) is 5.58. The minimum atomic E-state index is -0.792. The third kappa shape index (κ3) is 4.21. The Hall–Kier alpha value is -3.56. The summed E-state index contributed by atoms with van der Waals surface area (Å²) in [7, 11) is 2.12. The standard InChI is InChI=1S/C26H27N5O3S/c1-16-25(35-17(2)28-16)23(32)21-22(18-5-4-10-27-15-18)31(26(34)24(21)33)20-8-6-19(7-9-20)30-13-11-29(3)12-14-30/h4-10,15,22,33H,11-14H2,1-3H3. The van der Waals surface area contributed by atoms with Gasteiger partial charge < -0.3 is 14.9 Å². The smallest absolute Gasteiger partial charge is 0.294 e. The van der Waals surface area contributed by atoms with Gasteiger partial charge in [-0.3, -0.25) is 19.5 Å². The molecule has 180 valence electrons. The van der Waals surface area contributed by atoms with E-state index >= 15 is 0 Å². The van der Waals surface area contributed by atoms with Crippen LogP contribution in [0.4, 0.5) is 11.4 Å². The van der Waals surface area contributed by atoms with Crippen LogP contribution < -0.4 is 9.80 Å². The van der Waals surface area contributed by atoms with E-state index in [-0.39, 0.29) is 11.4 Å². The number of aliphatic hydroxyl groups is 1. The maximum absolute atomic E-state index is 13.6. The molecule has 1 unspecified atom stereocenters. The van der Waals surface area contributed by atoms with Gasteiger partial charge in [0.1, 0.15) is 0 Å². The lowest BCUT2D eigenvalue weighted by Crippen LogP contribution is -2.44. The number of amides is 1. The molecular formula is C26H27N5O3S. The number of aryl methyl sites for hydroxylation is 2. The Morgan fingerprint density at radius 1 is 1.06 bits per heavy atom. The van der Waals surface area contributed by atoms with Crippen molar-refractivity contribution in [3.05, 3.63) is 81.3 Å². The number of Topliss-reactive ketones (excluding diaryl/α,β-unsaturated/α-hetero) is 1. The van der Waals surface area contributed by atoms with Crippen LogP contribution >= 0.6 is 11.3 Å². The number of rotatable bonds is 5. The molecule has 0 bridgehead atoms. The van der Waals surface area contributed by atoms with E-state index in [0.29, 0.717) is 21.8 Å². The maximum atomic E-state index is 13.6. The van der Waals surface area contributed by atoms with E-state index in [4.69, 9.17) is 0 Å². The quantitative estimate of drug-likeness (QED) is 0.547. The Balaban J connectivity index is 1.53. The van der Waals surface area contributed by atoms with Crippen LogP contribution in [0.2, 0.25) is 0 Å². The monoisotopic (exact) mass is 489 g/mol. The molecule has 1 aromatic carbocycles. The van der Waals surface area contributed by atoms with E-state index in [9.17, 15) is 14.7 Å². The summed E-state index contributed by atoms with van der Waals surface area (Å²) in [6.07, 6.45) is 3.26. The molecule has 4 heterocycles. The zero-order chi connectivity index (χ0) is 24.7. The van der Waals surface area contributed by atoms with Gasteiger partial charge in [-0.15, -0.1) is 11.3 Å². The number of anilines is 2. The molecule has 1 fully saturated rings. The Bertz CT molecular complexity index is 1290. The first-order valence-corrected chi connectivity index (χ1v) is 12.4. The number of piperazine rings is 1. The lowest BCUT2D eigenvalue weighted by Gasteiger charge is -2.34. The van der Waals surface area contributed by atoms with Crippen LogP contribution in [0.1, 0.15) is 32.0 Å². The van der Waals surface area contributed by atoms with Gasteiger partial charge in [0.05, 0.1) is 27.2 Å². The number of hydrogen-bond acceptors (Lipinski definition) is 8. The zero-order valence-electron chi connectivity index (χ0n) is 19.9. The van der Waals surface area contributed by atoms with Crippen LogP contribution in [0.5, 0.6) is 0 Å². The third-order valence-electron chi connectivity index (χ3n) is 6.56. The number of aromatic nitrogens is 2. The molecule has 2 aromatic heterocycles. The number of ketones is 1. The molecule has 2 aliphatic rings. The zero-order valence-corrected chi connectivity index (χ0v) is 20.7. The van der Waals surface area contributed by atoms with Gasteiger partial charge in [-0.05, 0) is 56.8 Å². The molecule has 0 radical (unpaired) electrons. The van der Waals surface area contributed by atoms with Crippen molar-refractivity contribution in [3.63, 3.8) is 0 Å². The number of aliphatic hydroxyl groups excluding tert-OH is 1. The first-order chi connectivity index (χ1) is 16.8. The summed E-state index contributed by atoms with van der Waals surface area (Å²) >= 11 is 1.26. The average molecular weight is 490 g/mol. The second kappa shape index (κ2) is 9.24. The van der Waals surface area contributed by atoms with Crippen molar-refractivity contribution >= 4 is 34.4 Å². The van der Waals surface area contributed by atoms with Crippen molar-refractivity contribution in [2.24, 2.45) is 0 Å². The Labute approximate surface area is 208 Å². The Morgan fingerprint density at radius 2 is 1.74 bits per heavy atom. The van der Waals surface area contributed by atoms with Gasteiger partial charge >= 0.3 is 0 Å². The van der Waals surface area contributed by atoms with E-state index in [1.165, 1.54) is 16.2 Å². The number of benzene rings is 1. The SMILES string of the molecule is Cc1nc(C)c(C(=O)C2=C(O)C(=O)N(c3ccc(N4CCN(C)CC4)cc3)C2c2cccnc2)s1. The van der Waals surface area contributed by atoms with Crippen LogP contribution in [-0.4, -0.2) is 64.9 Å². The van der Waals surface area contributed by atoms with Gasteiger partial charge in [0.25, 0.3) is 5.91 Å². The van der Waals surface area contributed by atoms with Crippen molar-refractivity contribution in [3.8, 4) is 0 Å². The maximum Gasteiger partial charge on any atom is 0.294 e. The van der Waals surface area contributed by atoms with Gasteiger partial charge in [0, 0.05) is 49.9 Å². The van der Waals surface area contributed by atoms with Gasteiger partial charge in [-0.25, -0.2) is 4.98 Å².